The zero-order valence-electron chi connectivity index (χ0n) is 24.1. The normalized spacial score (nSPS) is 11.0. The molecule has 0 saturated heterocycles. The number of hydrogen-bond acceptors (Lipinski definition) is 7. The summed E-state index contributed by atoms with van der Waals surface area (Å²) in [5.74, 6) is -1.29. The molecule has 4 rings (SSSR count). The molecule has 0 spiro atoms. The smallest absolute Gasteiger partial charge is 0.256 e. The lowest BCUT2D eigenvalue weighted by Crippen LogP contribution is -2.26. The fourth-order valence-corrected chi connectivity index (χ4v) is 5.09. The second-order valence-electron chi connectivity index (χ2n) is 10.3. The molecule has 0 heterocycles. The van der Waals surface area contributed by atoms with Crippen molar-refractivity contribution in [2.75, 3.05) is 16.1 Å². The molecular formula is C32H31N4O6S-. The maximum Gasteiger partial charge on any atom is 0.256 e. The average Bonchev–Trinajstić information content (AvgIpc) is 2.94. The molecule has 4 aromatic carbocycles. The Hall–Kier alpha value is -5.00. The van der Waals surface area contributed by atoms with E-state index in [1.54, 1.807) is 49.4 Å². The number of hydrogen-bond donors (Lipinski definition) is 4. The van der Waals surface area contributed by atoms with Gasteiger partial charge in [-0.2, -0.15) is 0 Å². The maximum absolute atomic E-state index is 13.6. The van der Waals surface area contributed by atoms with Gasteiger partial charge in [0.05, 0.1) is 10.6 Å². The second-order valence-corrected chi connectivity index (χ2v) is 11.6. The van der Waals surface area contributed by atoms with Crippen LogP contribution in [-0.4, -0.2) is 30.7 Å². The summed E-state index contributed by atoms with van der Waals surface area (Å²) < 4.78 is 34.6. The Balaban J connectivity index is 1.64. The molecule has 0 radical (unpaired) electrons. The van der Waals surface area contributed by atoms with E-state index in [0.29, 0.717) is 34.6 Å². The van der Waals surface area contributed by atoms with Crippen LogP contribution in [0.15, 0.2) is 83.8 Å². The average molecular weight is 600 g/mol. The van der Waals surface area contributed by atoms with Gasteiger partial charge in [-0.1, -0.05) is 29.8 Å². The molecule has 0 aliphatic heterocycles. The standard InChI is InChI=1S/C32H32N4O6S/c1-19-5-6-23(21(3)13-19)16-24-7-8-28(34-31(38)25-14-20(2)15-29(17-25)43(40,41)42)18-30(24)32(39)33-26-9-11-27(12-10-26)36-35-22(4)37/h5-15,17-18,36H,16H2,1-4H3,(H,33,39)(H,34,38)(H,35,37)(H,40,41,42)/p-1. The quantitative estimate of drug-likeness (QED) is 0.154. The van der Waals surface area contributed by atoms with E-state index in [1.807, 2.05) is 26.0 Å². The highest BCUT2D eigenvalue weighted by Crippen LogP contribution is 2.24. The maximum atomic E-state index is 13.6. The number of carbonyl (C=O) groups excluding carboxylic acids is 3. The summed E-state index contributed by atoms with van der Waals surface area (Å²) in [5.41, 5.74) is 11.4. The summed E-state index contributed by atoms with van der Waals surface area (Å²) in [6, 6.07) is 21.5. The molecule has 4 N–H and O–H groups in total. The van der Waals surface area contributed by atoms with E-state index < -0.39 is 26.8 Å². The Morgan fingerprint density at radius 1 is 0.698 bits per heavy atom. The van der Waals surface area contributed by atoms with Gasteiger partial charge in [0, 0.05) is 29.4 Å². The Morgan fingerprint density at radius 3 is 1.98 bits per heavy atom. The van der Waals surface area contributed by atoms with Crippen LogP contribution in [0.5, 0.6) is 0 Å². The highest BCUT2D eigenvalue weighted by Gasteiger charge is 2.17. The van der Waals surface area contributed by atoms with Gasteiger partial charge in [-0.3, -0.25) is 25.2 Å². The third-order valence-electron chi connectivity index (χ3n) is 6.62. The fraction of sp³-hybridized carbons (Fsp3) is 0.156. The molecule has 0 unspecified atom stereocenters. The van der Waals surface area contributed by atoms with Crippen LogP contribution in [-0.2, 0) is 21.3 Å². The number of amides is 3. The Morgan fingerprint density at radius 2 is 1.33 bits per heavy atom. The van der Waals surface area contributed by atoms with E-state index in [9.17, 15) is 27.4 Å². The van der Waals surface area contributed by atoms with E-state index in [2.05, 4.69) is 27.6 Å². The summed E-state index contributed by atoms with van der Waals surface area (Å²) in [4.78, 5) is 37.3. The lowest BCUT2D eigenvalue weighted by atomic mass is 9.95. The first kappa shape index (κ1) is 30.9. The summed E-state index contributed by atoms with van der Waals surface area (Å²) in [5, 5.41) is 5.58. The summed E-state index contributed by atoms with van der Waals surface area (Å²) in [6.45, 7) is 6.97. The lowest BCUT2D eigenvalue weighted by molar-refractivity contribution is -0.118. The van der Waals surface area contributed by atoms with Gasteiger partial charge in [-0.25, -0.2) is 8.42 Å². The molecule has 222 valence electrons. The van der Waals surface area contributed by atoms with Crippen molar-refractivity contribution in [3.8, 4) is 0 Å². The van der Waals surface area contributed by atoms with Crippen LogP contribution in [0.1, 0.15) is 55.5 Å². The predicted octanol–water partition coefficient (Wildman–Crippen LogP) is 5.07. The van der Waals surface area contributed by atoms with Crippen LogP contribution in [0.4, 0.5) is 17.1 Å². The van der Waals surface area contributed by atoms with Crippen LogP contribution in [0.3, 0.4) is 0 Å². The minimum atomic E-state index is -4.76. The van der Waals surface area contributed by atoms with Gasteiger partial charge in [-0.15, -0.1) is 0 Å². The monoisotopic (exact) mass is 599 g/mol. The molecular weight excluding hydrogens is 568 g/mol. The van der Waals surface area contributed by atoms with Gasteiger partial charge in [0.1, 0.15) is 10.1 Å². The molecule has 0 aliphatic carbocycles. The fourth-order valence-electron chi connectivity index (χ4n) is 4.49. The molecule has 11 heteroatoms. The van der Waals surface area contributed by atoms with Crippen LogP contribution in [0.2, 0.25) is 0 Å². The first-order chi connectivity index (χ1) is 20.3. The molecule has 3 amide bonds. The Kier molecular flexibility index (Phi) is 9.27. The molecule has 0 saturated carbocycles. The highest BCUT2D eigenvalue weighted by atomic mass is 32.2. The van der Waals surface area contributed by atoms with Gasteiger partial charge >= 0.3 is 0 Å². The zero-order valence-corrected chi connectivity index (χ0v) is 24.9. The third-order valence-corrected chi connectivity index (χ3v) is 7.43. The van der Waals surface area contributed by atoms with Gasteiger partial charge in [0.15, 0.2) is 0 Å². The second kappa shape index (κ2) is 12.9. The van der Waals surface area contributed by atoms with E-state index in [0.717, 1.165) is 28.3 Å². The first-order valence-corrected chi connectivity index (χ1v) is 14.7. The molecule has 4 aromatic rings. The van der Waals surface area contributed by atoms with Gasteiger partial charge in [0.25, 0.3) is 11.8 Å². The molecule has 0 aliphatic rings. The molecule has 43 heavy (non-hydrogen) atoms. The number of aryl methyl sites for hydroxylation is 3. The van der Waals surface area contributed by atoms with E-state index >= 15 is 0 Å². The predicted molar refractivity (Wildman–Crippen MR) is 164 cm³/mol. The van der Waals surface area contributed by atoms with Crippen molar-refractivity contribution >= 4 is 44.9 Å². The van der Waals surface area contributed by atoms with Crippen molar-refractivity contribution in [3.63, 3.8) is 0 Å². The first-order valence-electron chi connectivity index (χ1n) is 13.3. The SMILES string of the molecule is CC(=O)NNc1ccc(NC(=O)c2cc(NC(=O)c3cc(C)cc(S(=O)(=O)[O-])c3)ccc2Cc2ccc(C)cc2C)cc1. The molecule has 0 fully saturated rings. The lowest BCUT2D eigenvalue weighted by Gasteiger charge is -2.15. The summed E-state index contributed by atoms with van der Waals surface area (Å²) in [6.07, 6.45) is 0.464. The minimum absolute atomic E-state index is 0.00672. The van der Waals surface area contributed by atoms with Crippen molar-refractivity contribution in [2.24, 2.45) is 0 Å². The molecule has 0 aromatic heterocycles. The minimum Gasteiger partial charge on any atom is -0.744 e. The van der Waals surface area contributed by atoms with Crippen LogP contribution in [0.25, 0.3) is 0 Å². The topological polar surface area (TPSA) is 157 Å². The summed E-state index contributed by atoms with van der Waals surface area (Å²) in [7, 11) is -4.76. The number of carbonyl (C=O) groups is 3. The largest absolute Gasteiger partial charge is 0.744 e. The van der Waals surface area contributed by atoms with Crippen molar-refractivity contribution in [3.05, 3.63) is 118 Å². The highest BCUT2D eigenvalue weighted by molar-refractivity contribution is 7.85. The van der Waals surface area contributed by atoms with E-state index in [-0.39, 0.29) is 11.5 Å². The van der Waals surface area contributed by atoms with Crippen molar-refractivity contribution < 1.29 is 27.4 Å². The number of benzene rings is 4. The number of hydrazine groups is 1. The number of nitrogens with one attached hydrogen (secondary N) is 4. The molecule has 0 atom stereocenters. The zero-order chi connectivity index (χ0) is 31.3. The third kappa shape index (κ3) is 8.28. The number of rotatable bonds is 9. The Labute approximate surface area is 250 Å². The van der Waals surface area contributed by atoms with Crippen molar-refractivity contribution in [1.82, 2.24) is 5.43 Å². The van der Waals surface area contributed by atoms with Crippen LogP contribution >= 0.6 is 0 Å². The van der Waals surface area contributed by atoms with Gasteiger partial charge in [0.2, 0.25) is 5.91 Å². The van der Waals surface area contributed by atoms with E-state index in [4.69, 9.17) is 0 Å². The van der Waals surface area contributed by atoms with E-state index in [1.165, 1.54) is 19.1 Å². The number of anilines is 3. The van der Waals surface area contributed by atoms with Crippen molar-refractivity contribution in [1.29, 1.82) is 0 Å². The van der Waals surface area contributed by atoms with Gasteiger partial charge in [-0.05, 0) is 104 Å². The van der Waals surface area contributed by atoms with Crippen LogP contribution < -0.4 is 21.5 Å². The van der Waals surface area contributed by atoms with Crippen LogP contribution in [0, 0.1) is 20.8 Å². The van der Waals surface area contributed by atoms with Crippen molar-refractivity contribution in [2.45, 2.75) is 39.0 Å². The summed E-state index contributed by atoms with van der Waals surface area (Å²) >= 11 is 0. The molecule has 10 nitrogen and oxygen atoms in total. The molecule has 0 bridgehead atoms. The Bertz CT molecular complexity index is 1820. The van der Waals surface area contributed by atoms with Gasteiger partial charge < -0.3 is 15.2 Å².